The second kappa shape index (κ2) is 7.06. The van der Waals surface area contributed by atoms with Gasteiger partial charge < -0.3 is 5.32 Å². The molecule has 1 aromatic carbocycles. The van der Waals surface area contributed by atoms with Crippen LogP contribution < -0.4 is 10.9 Å². The third kappa shape index (κ3) is 3.71. The quantitative estimate of drug-likeness (QED) is 0.681. The van der Waals surface area contributed by atoms with Gasteiger partial charge in [0.15, 0.2) is 5.16 Å². The Hall–Kier alpha value is -2.68. The molecule has 0 fully saturated rings. The van der Waals surface area contributed by atoms with E-state index in [-0.39, 0.29) is 28.8 Å². The van der Waals surface area contributed by atoms with Gasteiger partial charge in [0.05, 0.1) is 11.4 Å². The van der Waals surface area contributed by atoms with E-state index >= 15 is 0 Å². The van der Waals surface area contributed by atoms with Gasteiger partial charge in [-0.1, -0.05) is 37.7 Å². The number of carbonyl (C=O) groups excluding carboxylic acids is 1. The molecule has 0 spiro atoms. The first-order valence-corrected chi connectivity index (χ1v) is 8.60. The number of aromatic nitrogens is 4. The summed E-state index contributed by atoms with van der Waals surface area (Å²) in [4.78, 5) is 26.3. The Balaban J connectivity index is 1.78. The number of aromatic amines is 1. The fourth-order valence-corrected chi connectivity index (χ4v) is 3.08. The predicted octanol–water partition coefficient (Wildman–Crippen LogP) is 2.41. The zero-order valence-electron chi connectivity index (χ0n) is 13.6. The summed E-state index contributed by atoms with van der Waals surface area (Å²) in [6, 6.07) is 7.45. The Morgan fingerprint density at radius 2 is 2.12 bits per heavy atom. The van der Waals surface area contributed by atoms with Crippen LogP contribution in [0.2, 0.25) is 0 Å². The highest BCUT2D eigenvalue weighted by Crippen LogP contribution is 2.21. The summed E-state index contributed by atoms with van der Waals surface area (Å²) in [6.07, 6.45) is 0. The molecule has 7 nitrogen and oxygen atoms in total. The van der Waals surface area contributed by atoms with Crippen molar-refractivity contribution in [2.24, 2.45) is 0 Å². The van der Waals surface area contributed by atoms with Crippen molar-refractivity contribution in [3.05, 3.63) is 52.2 Å². The number of fused-ring (bicyclic) bond motifs is 1. The van der Waals surface area contributed by atoms with Gasteiger partial charge in [0.25, 0.3) is 5.56 Å². The van der Waals surface area contributed by atoms with Gasteiger partial charge in [-0.2, -0.15) is 0 Å². The molecule has 0 aliphatic carbocycles. The number of hydrogen-bond acceptors (Lipinski definition) is 5. The number of nitrogens with one attached hydrogen (secondary N) is 2. The van der Waals surface area contributed by atoms with Crippen molar-refractivity contribution in [2.45, 2.75) is 24.9 Å². The van der Waals surface area contributed by atoms with E-state index in [0.29, 0.717) is 10.9 Å². The number of amides is 1. The molecule has 2 heterocycles. The van der Waals surface area contributed by atoms with E-state index in [1.54, 1.807) is 16.5 Å². The molecule has 3 rings (SSSR count). The lowest BCUT2D eigenvalue weighted by Crippen LogP contribution is -2.16. The highest BCUT2D eigenvalue weighted by molar-refractivity contribution is 7.99. The van der Waals surface area contributed by atoms with E-state index in [2.05, 4.69) is 20.5 Å². The van der Waals surface area contributed by atoms with Gasteiger partial charge in [-0.15, -0.1) is 10.2 Å². The first-order chi connectivity index (χ1) is 12.0. The molecule has 0 unspecified atom stereocenters. The van der Waals surface area contributed by atoms with E-state index in [9.17, 15) is 14.0 Å². The van der Waals surface area contributed by atoms with E-state index in [1.807, 2.05) is 13.8 Å². The maximum atomic E-state index is 13.6. The monoisotopic (exact) mass is 361 g/mol. The number of nitrogens with zero attached hydrogens (tertiary/aromatic N) is 3. The minimum atomic E-state index is -0.492. The fraction of sp³-hybridized carbons (Fsp3) is 0.250. The molecule has 0 aliphatic rings. The molecule has 0 atom stereocenters. The summed E-state index contributed by atoms with van der Waals surface area (Å²) in [6.45, 7) is 3.90. The number of H-pyrrole nitrogens is 1. The molecule has 25 heavy (non-hydrogen) atoms. The molecule has 130 valence electrons. The maximum absolute atomic E-state index is 13.6. The van der Waals surface area contributed by atoms with Crippen molar-refractivity contribution in [1.82, 2.24) is 19.6 Å². The summed E-state index contributed by atoms with van der Waals surface area (Å²) in [5, 5.41) is 11.0. The third-order valence-corrected chi connectivity index (χ3v) is 4.41. The van der Waals surface area contributed by atoms with Crippen LogP contribution in [-0.4, -0.2) is 31.2 Å². The first kappa shape index (κ1) is 17.2. The predicted molar refractivity (Wildman–Crippen MR) is 93.5 cm³/mol. The molecular formula is C16H16FN5O2S. The number of carbonyl (C=O) groups is 1. The zero-order chi connectivity index (χ0) is 18.0. The highest BCUT2D eigenvalue weighted by atomic mass is 32.2. The van der Waals surface area contributed by atoms with Crippen LogP contribution in [-0.2, 0) is 4.79 Å². The van der Waals surface area contributed by atoms with Crippen LogP contribution in [0.3, 0.4) is 0 Å². The molecule has 0 saturated heterocycles. The largest absolute Gasteiger partial charge is 0.323 e. The fourth-order valence-electron chi connectivity index (χ4n) is 2.33. The van der Waals surface area contributed by atoms with Crippen molar-refractivity contribution in [3.63, 3.8) is 0 Å². The minimum Gasteiger partial charge on any atom is -0.323 e. The molecular weight excluding hydrogens is 345 g/mol. The maximum Gasteiger partial charge on any atom is 0.252 e. The Bertz CT molecular complexity index is 982. The summed E-state index contributed by atoms with van der Waals surface area (Å²) in [7, 11) is 0. The molecule has 3 aromatic rings. The van der Waals surface area contributed by atoms with Gasteiger partial charge in [-0.3, -0.25) is 19.0 Å². The molecule has 0 aliphatic heterocycles. The summed E-state index contributed by atoms with van der Waals surface area (Å²) < 4.78 is 15.3. The van der Waals surface area contributed by atoms with Crippen molar-refractivity contribution in [2.75, 3.05) is 11.1 Å². The zero-order valence-corrected chi connectivity index (χ0v) is 14.4. The van der Waals surface area contributed by atoms with Crippen molar-refractivity contribution in [1.29, 1.82) is 0 Å². The number of para-hydroxylation sites is 1. The van der Waals surface area contributed by atoms with Crippen LogP contribution in [0.25, 0.3) is 5.78 Å². The molecule has 1 amide bonds. The van der Waals surface area contributed by atoms with Crippen molar-refractivity contribution >= 4 is 29.1 Å². The first-order valence-electron chi connectivity index (χ1n) is 7.61. The second-order valence-electron chi connectivity index (χ2n) is 5.67. The van der Waals surface area contributed by atoms with Crippen LogP contribution in [0, 0.1) is 5.82 Å². The van der Waals surface area contributed by atoms with Gasteiger partial charge in [-0.05, 0) is 18.1 Å². The number of rotatable bonds is 5. The SMILES string of the molecule is CC(C)c1cc(=O)[nH]c2nnc(SCC(=O)Nc3ccccc3F)n12. The highest BCUT2D eigenvalue weighted by Gasteiger charge is 2.15. The summed E-state index contributed by atoms with van der Waals surface area (Å²) in [5.74, 6) is -0.414. The van der Waals surface area contributed by atoms with Gasteiger partial charge in [-0.25, -0.2) is 4.39 Å². The Morgan fingerprint density at radius 1 is 1.36 bits per heavy atom. The van der Waals surface area contributed by atoms with Crippen LogP contribution in [0.15, 0.2) is 40.3 Å². The standard InChI is InChI=1S/C16H16FN5O2S/c1-9(2)12-7-13(23)19-15-20-21-16(22(12)15)25-8-14(24)18-11-6-4-3-5-10(11)17/h3-7,9H,8H2,1-2H3,(H,18,24)(H,19,20,23). The summed E-state index contributed by atoms with van der Waals surface area (Å²) in [5.41, 5.74) is 0.629. The van der Waals surface area contributed by atoms with E-state index in [4.69, 9.17) is 0 Å². The molecule has 0 bridgehead atoms. The second-order valence-corrected chi connectivity index (χ2v) is 6.61. The van der Waals surface area contributed by atoms with Crippen molar-refractivity contribution in [3.8, 4) is 0 Å². The van der Waals surface area contributed by atoms with Gasteiger partial charge in [0.1, 0.15) is 5.82 Å². The minimum absolute atomic E-state index is 0.0335. The van der Waals surface area contributed by atoms with Crippen LogP contribution in [0.5, 0.6) is 0 Å². The number of hydrogen-bond donors (Lipinski definition) is 2. The van der Waals surface area contributed by atoms with E-state index < -0.39 is 5.82 Å². The van der Waals surface area contributed by atoms with Crippen LogP contribution >= 0.6 is 11.8 Å². The number of thioether (sulfide) groups is 1. The van der Waals surface area contributed by atoms with Crippen molar-refractivity contribution < 1.29 is 9.18 Å². The average molecular weight is 361 g/mol. The molecule has 2 aromatic heterocycles. The van der Waals surface area contributed by atoms with Crippen LogP contribution in [0.4, 0.5) is 10.1 Å². The number of halogens is 1. The summed E-state index contributed by atoms with van der Waals surface area (Å²) >= 11 is 1.16. The van der Waals surface area contributed by atoms with Gasteiger partial charge in [0.2, 0.25) is 11.7 Å². The van der Waals surface area contributed by atoms with Gasteiger partial charge in [0, 0.05) is 11.8 Å². The lowest BCUT2D eigenvalue weighted by molar-refractivity contribution is -0.113. The number of benzene rings is 1. The topological polar surface area (TPSA) is 92.2 Å². The Labute approximate surface area is 146 Å². The molecule has 0 radical (unpaired) electrons. The molecule has 0 saturated carbocycles. The lowest BCUT2D eigenvalue weighted by atomic mass is 10.1. The average Bonchev–Trinajstić information content (AvgIpc) is 2.97. The van der Waals surface area contributed by atoms with E-state index in [0.717, 1.165) is 17.5 Å². The molecule has 9 heteroatoms. The smallest absolute Gasteiger partial charge is 0.252 e. The molecule has 2 N–H and O–H groups in total. The number of anilines is 1. The lowest BCUT2D eigenvalue weighted by Gasteiger charge is -2.10. The third-order valence-electron chi connectivity index (χ3n) is 3.48. The Kier molecular flexibility index (Phi) is 4.84. The van der Waals surface area contributed by atoms with Gasteiger partial charge >= 0.3 is 0 Å². The Morgan fingerprint density at radius 3 is 2.84 bits per heavy atom. The normalized spacial score (nSPS) is 11.2. The van der Waals surface area contributed by atoms with Crippen LogP contribution in [0.1, 0.15) is 25.5 Å². The van der Waals surface area contributed by atoms with E-state index in [1.165, 1.54) is 18.2 Å².